The van der Waals surface area contributed by atoms with Crippen molar-refractivity contribution in [2.75, 3.05) is 0 Å². The molecule has 202 valence electrons. The van der Waals surface area contributed by atoms with E-state index in [2.05, 4.69) is 65.6 Å². The number of nitrogens with zero attached hydrogens (tertiary/aromatic N) is 4. The number of benzene rings is 6. The highest BCUT2D eigenvalue weighted by Crippen LogP contribution is 2.36. The first kappa shape index (κ1) is 24.8. The average molecular weight is 553 g/mol. The first-order valence-corrected chi connectivity index (χ1v) is 14.2. The molecule has 5 nitrogen and oxygen atoms in total. The summed E-state index contributed by atoms with van der Waals surface area (Å²) in [4.78, 5) is 19.5. The summed E-state index contributed by atoms with van der Waals surface area (Å²) < 4.78 is 5.99. The van der Waals surface area contributed by atoms with Gasteiger partial charge in [-0.2, -0.15) is 0 Å². The van der Waals surface area contributed by atoms with Gasteiger partial charge in [-0.25, -0.2) is 19.9 Å². The van der Waals surface area contributed by atoms with Gasteiger partial charge in [0.05, 0.1) is 0 Å². The van der Waals surface area contributed by atoms with Crippen LogP contribution in [0.5, 0.6) is 0 Å². The van der Waals surface area contributed by atoms with E-state index in [1.807, 2.05) is 84.9 Å². The maximum absolute atomic E-state index is 5.99. The monoisotopic (exact) mass is 552 g/mol. The van der Waals surface area contributed by atoms with Crippen LogP contribution in [0.4, 0.5) is 0 Å². The van der Waals surface area contributed by atoms with Crippen molar-refractivity contribution in [3.63, 3.8) is 0 Å². The SMILES string of the molecule is c1ccc(-c2nc(-c3ccccc3)nc(-c3cccc4c(-c5ccc(-c6nc7ccccc7o6)cc5)cccc34)n2)cc1. The van der Waals surface area contributed by atoms with Crippen LogP contribution >= 0.6 is 0 Å². The second kappa shape index (κ2) is 10.5. The molecule has 0 aliphatic rings. The molecule has 2 aromatic heterocycles. The molecule has 0 radical (unpaired) electrons. The molecule has 0 atom stereocenters. The van der Waals surface area contributed by atoms with Crippen molar-refractivity contribution in [3.05, 3.63) is 146 Å². The molecule has 8 rings (SSSR count). The molecular formula is C38H24N4O. The van der Waals surface area contributed by atoms with Crippen LogP contribution in [0.2, 0.25) is 0 Å². The molecular weight excluding hydrogens is 528 g/mol. The Labute approximate surface area is 248 Å². The van der Waals surface area contributed by atoms with Gasteiger partial charge in [0.2, 0.25) is 5.89 Å². The molecule has 0 N–H and O–H groups in total. The number of oxazole rings is 1. The van der Waals surface area contributed by atoms with Crippen LogP contribution in [0.25, 0.3) is 78.6 Å². The van der Waals surface area contributed by atoms with Crippen molar-refractivity contribution < 1.29 is 4.42 Å². The molecule has 8 aromatic rings. The summed E-state index contributed by atoms with van der Waals surface area (Å²) >= 11 is 0. The van der Waals surface area contributed by atoms with Crippen LogP contribution in [0.1, 0.15) is 0 Å². The third-order valence-electron chi connectivity index (χ3n) is 7.60. The number of hydrogen-bond acceptors (Lipinski definition) is 5. The predicted octanol–water partition coefficient (Wildman–Crippen LogP) is 9.50. The normalized spacial score (nSPS) is 11.3. The van der Waals surface area contributed by atoms with Crippen molar-refractivity contribution >= 4 is 21.9 Å². The third kappa shape index (κ3) is 4.63. The van der Waals surface area contributed by atoms with Crippen molar-refractivity contribution in [2.24, 2.45) is 0 Å². The molecule has 0 spiro atoms. The summed E-state index contributed by atoms with van der Waals surface area (Å²) in [5, 5.41) is 2.20. The minimum absolute atomic E-state index is 0.617. The Kier molecular flexibility index (Phi) is 6.05. The lowest BCUT2D eigenvalue weighted by atomic mass is 9.95. The van der Waals surface area contributed by atoms with E-state index in [0.29, 0.717) is 23.4 Å². The molecule has 0 aliphatic carbocycles. The van der Waals surface area contributed by atoms with E-state index in [9.17, 15) is 0 Å². The highest BCUT2D eigenvalue weighted by atomic mass is 16.3. The maximum atomic E-state index is 5.99. The van der Waals surface area contributed by atoms with E-state index in [1.54, 1.807) is 0 Å². The number of hydrogen-bond donors (Lipinski definition) is 0. The Bertz CT molecular complexity index is 2130. The van der Waals surface area contributed by atoms with Gasteiger partial charge in [-0.3, -0.25) is 0 Å². The first-order chi connectivity index (χ1) is 21.3. The minimum Gasteiger partial charge on any atom is -0.436 e. The summed E-state index contributed by atoms with van der Waals surface area (Å²) in [5.74, 6) is 2.55. The van der Waals surface area contributed by atoms with Crippen molar-refractivity contribution in [1.29, 1.82) is 0 Å². The van der Waals surface area contributed by atoms with E-state index in [0.717, 1.165) is 55.3 Å². The van der Waals surface area contributed by atoms with Gasteiger partial charge < -0.3 is 4.42 Å². The predicted molar refractivity (Wildman–Crippen MR) is 172 cm³/mol. The second-order valence-electron chi connectivity index (χ2n) is 10.3. The zero-order valence-electron chi connectivity index (χ0n) is 23.1. The number of fused-ring (bicyclic) bond motifs is 2. The highest BCUT2D eigenvalue weighted by Gasteiger charge is 2.16. The Hall–Kier alpha value is -5.94. The van der Waals surface area contributed by atoms with E-state index in [4.69, 9.17) is 19.4 Å². The lowest BCUT2D eigenvalue weighted by Crippen LogP contribution is -2.00. The average Bonchev–Trinajstić information content (AvgIpc) is 3.53. The van der Waals surface area contributed by atoms with Gasteiger partial charge in [-0.1, -0.05) is 121 Å². The van der Waals surface area contributed by atoms with Crippen LogP contribution < -0.4 is 0 Å². The lowest BCUT2D eigenvalue weighted by molar-refractivity contribution is 0.620. The molecule has 0 saturated carbocycles. The van der Waals surface area contributed by atoms with Gasteiger partial charge >= 0.3 is 0 Å². The van der Waals surface area contributed by atoms with Gasteiger partial charge in [0.15, 0.2) is 23.1 Å². The minimum atomic E-state index is 0.617. The van der Waals surface area contributed by atoms with Gasteiger partial charge in [-0.15, -0.1) is 0 Å². The quantitative estimate of drug-likeness (QED) is 0.213. The summed E-state index contributed by atoms with van der Waals surface area (Å²) in [6.07, 6.45) is 0. The summed E-state index contributed by atoms with van der Waals surface area (Å²) in [6, 6.07) is 49.0. The molecule has 5 heteroatoms. The Morgan fingerprint density at radius 3 is 1.53 bits per heavy atom. The van der Waals surface area contributed by atoms with E-state index < -0.39 is 0 Å². The molecule has 6 aromatic carbocycles. The van der Waals surface area contributed by atoms with Crippen molar-refractivity contribution in [3.8, 4) is 56.7 Å². The summed E-state index contributed by atoms with van der Waals surface area (Å²) in [5.41, 5.74) is 7.66. The number of rotatable bonds is 5. The van der Waals surface area contributed by atoms with Crippen LogP contribution in [0.15, 0.2) is 150 Å². The lowest BCUT2D eigenvalue weighted by Gasteiger charge is -2.12. The molecule has 2 heterocycles. The maximum Gasteiger partial charge on any atom is 0.227 e. The molecule has 0 fully saturated rings. The van der Waals surface area contributed by atoms with Crippen LogP contribution in [-0.2, 0) is 0 Å². The number of para-hydroxylation sites is 2. The zero-order chi connectivity index (χ0) is 28.6. The van der Waals surface area contributed by atoms with Crippen LogP contribution in [0.3, 0.4) is 0 Å². The molecule has 0 aliphatic heterocycles. The fourth-order valence-corrected chi connectivity index (χ4v) is 5.47. The fourth-order valence-electron chi connectivity index (χ4n) is 5.47. The fraction of sp³-hybridized carbons (Fsp3) is 0. The van der Waals surface area contributed by atoms with Crippen molar-refractivity contribution in [1.82, 2.24) is 19.9 Å². The molecule has 43 heavy (non-hydrogen) atoms. The summed E-state index contributed by atoms with van der Waals surface area (Å²) in [7, 11) is 0. The molecule has 0 unspecified atom stereocenters. The third-order valence-corrected chi connectivity index (χ3v) is 7.60. The second-order valence-corrected chi connectivity index (χ2v) is 10.3. The van der Waals surface area contributed by atoms with E-state index in [1.165, 1.54) is 0 Å². The summed E-state index contributed by atoms with van der Waals surface area (Å²) in [6.45, 7) is 0. The van der Waals surface area contributed by atoms with Gasteiger partial charge in [-0.05, 0) is 46.2 Å². The first-order valence-electron chi connectivity index (χ1n) is 14.2. The van der Waals surface area contributed by atoms with Gasteiger partial charge in [0.25, 0.3) is 0 Å². The smallest absolute Gasteiger partial charge is 0.227 e. The van der Waals surface area contributed by atoms with Crippen LogP contribution in [-0.4, -0.2) is 19.9 Å². The number of aromatic nitrogens is 4. The largest absolute Gasteiger partial charge is 0.436 e. The Morgan fingerprint density at radius 1 is 0.349 bits per heavy atom. The molecule has 0 saturated heterocycles. The molecule has 0 amide bonds. The zero-order valence-corrected chi connectivity index (χ0v) is 23.1. The van der Waals surface area contributed by atoms with Gasteiger partial charge in [0.1, 0.15) is 5.52 Å². The standard InChI is InChI=1S/C38H24N4O/c1-3-11-26(12-4-1)35-40-36(27-13-5-2-6-14-27)42-37(41-35)32-18-10-16-30-29(15-9-17-31(30)32)25-21-23-28(24-22-25)38-39-33-19-7-8-20-34(33)43-38/h1-24H. The van der Waals surface area contributed by atoms with Crippen molar-refractivity contribution in [2.45, 2.75) is 0 Å². The Balaban J connectivity index is 1.24. The topological polar surface area (TPSA) is 64.7 Å². The molecule has 0 bridgehead atoms. The van der Waals surface area contributed by atoms with Gasteiger partial charge in [0, 0.05) is 22.3 Å². The Morgan fingerprint density at radius 2 is 0.884 bits per heavy atom. The van der Waals surface area contributed by atoms with Crippen LogP contribution in [0, 0.1) is 0 Å². The van der Waals surface area contributed by atoms with E-state index >= 15 is 0 Å². The van der Waals surface area contributed by atoms with E-state index in [-0.39, 0.29) is 0 Å². The highest BCUT2D eigenvalue weighted by molar-refractivity contribution is 6.03.